The van der Waals surface area contributed by atoms with Crippen LogP contribution in [0.5, 0.6) is 5.75 Å². The van der Waals surface area contributed by atoms with Crippen molar-refractivity contribution < 1.29 is 25.0 Å². The van der Waals surface area contributed by atoms with Crippen LogP contribution >= 0.6 is 15.9 Å². The standard InChI is InChI=1S/C17H16BrNO5/c1-19(24)16(22)15(21)10-17(23,11-6-2-4-8-13(11)18)12-7-3-5-9-14(12)20/h2-9,20,23-24H,10H2,1H3. The van der Waals surface area contributed by atoms with Gasteiger partial charge in [-0.2, -0.15) is 0 Å². The Morgan fingerprint density at radius 3 is 2.17 bits per heavy atom. The van der Waals surface area contributed by atoms with E-state index in [-0.39, 0.29) is 16.4 Å². The largest absolute Gasteiger partial charge is 0.508 e. The Bertz CT molecular complexity index is 730. The number of hydrogen-bond donors (Lipinski definition) is 3. The lowest BCUT2D eigenvalue weighted by molar-refractivity contribution is -0.166. The number of halogens is 1. The van der Waals surface area contributed by atoms with Crippen molar-refractivity contribution in [1.82, 2.24) is 5.06 Å². The van der Waals surface area contributed by atoms with Crippen molar-refractivity contribution in [1.29, 1.82) is 0 Å². The quantitative estimate of drug-likeness (QED) is 0.410. The normalized spacial score (nSPS) is 13.2. The molecule has 24 heavy (non-hydrogen) atoms. The lowest BCUT2D eigenvalue weighted by Crippen LogP contribution is -2.38. The average molecular weight is 394 g/mol. The summed E-state index contributed by atoms with van der Waals surface area (Å²) in [6, 6.07) is 12.7. The maximum absolute atomic E-state index is 12.2. The van der Waals surface area contributed by atoms with Gasteiger partial charge in [0.25, 0.3) is 0 Å². The van der Waals surface area contributed by atoms with E-state index in [1.54, 1.807) is 36.4 Å². The van der Waals surface area contributed by atoms with Crippen molar-refractivity contribution in [2.45, 2.75) is 12.0 Å². The van der Waals surface area contributed by atoms with Gasteiger partial charge in [-0.3, -0.25) is 14.8 Å². The number of Topliss-reactive ketones (excluding diaryl/α,β-unsaturated/α-hetero) is 1. The molecule has 3 N–H and O–H groups in total. The first kappa shape index (κ1) is 18.1. The first-order chi connectivity index (χ1) is 11.3. The Kier molecular flexibility index (Phi) is 5.38. The van der Waals surface area contributed by atoms with Crippen LogP contribution in [0.4, 0.5) is 0 Å². The lowest BCUT2D eigenvalue weighted by Gasteiger charge is -2.30. The van der Waals surface area contributed by atoms with Gasteiger partial charge in [-0.1, -0.05) is 52.3 Å². The monoisotopic (exact) mass is 393 g/mol. The molecule has 0 saturated heterocycles. The summed E-state index contributed by atoms with van der Waals surface area (Å²) in [6.07, 6.45) is -0.642. The second-order valence-electron chi connectivity index (χ2n) is 5.29. The molecule has 0 fully saturated rings. The van der Waals surface area contributed by atoms with Crippen LogP contribution in [0, 0.1) is 0 Å². The zero-order valence-electron chi connectivity index (χ0n) is 12.8. The highest BCUT2D eigenvalue weighted by molar-refractivity contribution is 9.10. The lowest BCUT2D eigenvalue weighted by atomic mass is 9.81. The fourth-order valence-corrected chi connectivity index (χ4v) is 3.06. The molecule has 0 saturated carbocycles. The number of hydroxylamine groups is 2. The fraction of sp³-hybridized carbons (Fsp3) is 0.176. The zero-order chi connectivity index (χ0) is 17.9. The zero-order valence-corrected chi connectivity index (χ0v) is 14.4. The second kappa shape index (κ2) is 7.12. The molecule has 0 aliphatic rings. The van der Waals surface area contributed by atoms with E-state index in [4.69, 9.17) is 5.21 Å². The number of aliphatic hydroxyl groups is 1. The summed E-state index contributed by atoms with van der Waals surface area (Å²) in [5.41, 5.74) is -1.55. The summed E-state index contributed by atoms with van der Waals surface area (Å²) in [5, 5.41) is 30.7. The van der Waals surface area contributed by atoms with Gasteiger partial charge in [0.05, 0.1) is 6.42 Å². The summed E-state index contributed by atoms with van der Waals surface area (Å²) < 4.78 is 0.508. The predicted octanol–water partition coefficient (Wildman–Crippen LogP) is 2.20. The van der Waals surface area contributed by atoms with E-state index < -0.39 is 23.7 Å². The van der Waals surface area contributed by atoms with Crippen molar-refractivity contribution in [3.63, 3.8) is 0 Å². The van der Waals surface area contributed by atoms with Crippen LogP contribution in [0.3, 0.4) is 0 Å². The summed E-state index contributed by atoms with van der Waals surface area (Å²) >= 11 is 3.31. The molecule has 0 spiro atoms. The molecular formula is C17H16BrNO5. The second-order valence-corrected chi connectivity index (χ2v) is 6.14. The van der Waals surface area contributed by atoms with Gasteiger partial charge in [-0.05, 0) is 12.1 Å². The van der Waals surface area contributed by atoms with Crippen LogP contribution in [-0.4, -0.2) is 39.2 Å². The van der Waals surface area contributed by atoms with Crippen molar-refractivity contribution >= 4 is 27.6 Å². The molecule has 1 amide bonds. The summed E-state index contributed by atoms with van der Waals surface area (Å²) in [6.45, 7) is 0. The van der Waals surface area contributed by atoms with Crippen LogP contribution < -0.4 is 0 Å². The first-order valence-electron chi connectivity index (χ1n) is 7.03. The number of phenols is 1. The number of aromatic hydroxyl groups is 1. The molecule has 1 unspecified atom stereocenters. The van der Waals surface area contributed by atoms with E-state index in [2.05, 4.69) is 15.9 Å². The molecule has 126 valence electrons. The van der Waals surface area contributed by atoms with Gasteiger partial charge in [0, 0.05) is 22.6 Å². The number of nitrogens with zero attached hydrogens (tertiary/aromatic N) is 1. The summed E-state index contributed by atoms with van der Waals surface area (Å²) in [4.78, 5) is 23.9. The van der Waals surface area contributed by atoms with Crippen molar-refractivity contribution in [3.05, 3.63) is 64.1 Å². The van der Waals surface area contributed by atoms with Gasteiger partial charge in [0.15, 0.2) is 0 Å². The molecule has 1 atom stereocenters. The number of phenolic OH excluding ortho intramolecular Hbond substituents is 1. The third-order valence-electron chi connectivity index (χ3n) is 3.62. The number of carbonyl (C=O) groups excluding carboxylic acids is 2. The number of carbonyl (C=O) groups is 2. The van der Waals surface area contributed by atoms with Crippen molar-refractivity contribution in [2.24, 2.45) is 0 Å². The minimum atomic E-state index is -1.95. The maximum atomic E-state index is 12.2. The van der Waals surface area contributed by atoms with Crippen LogP contribution in [0.25, 0.3) is 0 Å². The van der Waals surface area contributed by atoms with Crippen LogP contribution in [0.15, 0.2) is 53.0 Å². The molecule has 0 heterocycles. The van der Waals surface area contributed by atoms with Crippen LogP contribution in [0.1, 0.15) is 17.5 Å². The number of amides is 1. The van der Waals surface area contributed by atoms with Crippen molar-refractivity contribution in [3.8, 4) is 5.75 Å². The van der Waals surface area contributed by atoms with Gasteiger partial charge >= 0.3 is 5.91 Å². The van der Waals surface area contributed by atoms with E-state index in [0.717, 1.165) is 7.05 Å². The van der Waals surface area contributed by atoms with Crippen LogP contribution in [-0.2, 0) is 15.2 Å². The number of hydrogen-bond acceptors (Lipinski definition) is 5. The molecule has 2 aromatic rings. The van der Waals surface area contributed by atoms with Gasteiger partial charge < -0.3 is 10.2 Å². The molecule has 7 heteroatoms. The third kappa shape index (κ3) is 3.48. The number of rotatable bonds is 5. The highest BCUT2D eigenvalue weighted by Gasteiger charge is 2.39. The number of benzene rings is 2. The topological polar surface area (TPSA) is 98.1 Å². The molecule has 0 aliphatic carbocycles. The number of likely N-dealkylation sites (N-methyl/N-ethyl adjacent to an activating group) is 1. The van der Waals surface area contributed by atoms with Crippen LogP contribution in [0.2, 0.25) is 0 Å². The summed E-state index contributed by atoms with van der Waals surface area (Å²) in [5.74, 6) is -2.37. The molecular weight excluding hydrogens is 378 g/mol. The maximum Gasteiger partial charge on any atom is 0.313 e. The molecule has 0 aliphatic heterocycles. The van der Waals surface area contributed by atoms with Gasteiger partial charge in [-0.15, -0.1) is 0 Å². The Morgan fingerprint density at radius 1 is 1.08 bits per heavy atom. The minimum absolute atomic E-state index is 0.0821. The molecule has 6 nitrogen and oxygen atoms in total. The van der Waals surface area contributed by atoms with E-state index in [1.165, 1.54) is 12.1 Å². The summed E-state index contributed by atoms with van der Waals surface area (Å²) in [7, 11) is 1.03. The molecule has 0 radical (unpaired) electrons. The molecule has 2 aromatic carbocycles. The minimum Gasteiger partial charge on any atom is -0.508 e. The van der Waals surface area contributed by atoms with Gasteiger partial charge in [-0.25, -0.2) is 5.06 Å². The highest BCUT2D eigenvalue weighted by atomic mass is 79.9. The van der Waals surface area contributed by atoms with Crippen molar-refractivity contribution in [2.75, 3.05) is 7.05 Å². The SMILES string of the molecule is CN(O)C(=O)C(=O)CC(O)(c1ccccc1O)c1ccccc1Br. The van der Waals surface area contributed by atoms with E-state index in [1.807, 2.05) is 0 Å². The predicted molar refractivity (Wildman–Crippen MR) is 89.4 cm³/mol. The molecule has 2 rings (SSSR count). The third-order valence-corrected chi connectivity index (χ3v) is 4.31. The molecule has 0 bridgehead atoms. The Morgan fingerprint density at radius 2 is 1.62 bits per heavy atom. The average Bonchev–Trinajstić information content (AvgIpc) is 2.54. The Labute approximate surface area is 147 Å². The highest BCUT2D eigenvalue weighted by Crippen LogP contribution is 2.41. The molecule has 0 aromatic heterocycles. The van der Waals surface area contributed by atoms with E-state index in [9.17, 15) is 19.8 Å². The number of para-hydroxylation sites is 1. The van der Waals surface area contributed by atoms with Gasteiger partial charge in [0.1, 0.15) is 11.4 Å². The van der Waals surface area contributed by atoms with E-state index in [0.29, 0.717) is 10.0 Å². The Hall–Kier alpha value is -2.22. The fourth-order valence-electron chi connectivity index (χ4n) is 2.44. The van der Waals surface area contributed by atoms with E-state index >= 15 is 0 Å². The Balaban J connectivity index is 2.59. The van der Waals surface area contributed by atoms with Gasteiger partial charge in [0.2, 0.25) is 5.78 Å². The first-order valence-corrected chi connectivity index (χ1v) is 7.82. The smallest absolute Gasteiger partial charge is 0.313 e. The number of ketones is 1.